The van der Waals surface area contributed by atoms with Gasteiger partial charge in [0.25, 0.3) is 11.5 Å². The van der Waals surface area contributed by atoms with Gasteiger partial charge in [-0.1, -0.05) is 17.7 Å². The van der Waals surface area contributed by atoms with Crippen molar-refractivity contribution in [2.45, 2.75) is 6.92 Å². The van der Waals surface area contributed by atoms with Crippen LogP contribution in [0.25, 0.3) is 22.0 Å². The van der Waals surface area contributed by atoms with E-state index in [1.807, 2.05) is 13.0 Å². The summed E-state index contributed by atoms with van der Waals surface area (Å²) in [6.07, 6.45) is 4.62. The molecular formula is C22H18ClN5O2. The van der Waals surface area contributed by atoms with Gasteiger partial charge in [-0.05, 0) is 42.3 Å². The van der Waals surface area contributed by atoms with Crippen LogP contribution in [0.4, 0.5) is 11.5 Å². The topological polar surface area (TPSA) is 99.8 Å². The normalized spacial score (nSPS) is 10.8. The average Bonchev–Trinajstić information content (AvgIpc) is 2.74. The summed E-state index contributed by atoms with van der Waals surface area (Å²) in [6.45, 7) is 1.91. The number of rotatable bonds is 4. The standard InChI is InChI=1S/C22H18ClN5O2/c1-12-3-4-14(27-21(29)15-5-6-25-11-18(15)23)8-16(12)17-7-13-10-26-20(24-2)9-19(13)28-22(17)30/h3-11H,1-2H3,(H,24,26)(H,27,29)(H,28,30). The number of halogens is 1. The number of hydrogen-bond acceptors (Lipinski definition) is 5. The van der Waals surface area contributed by atoms with Crippen molar-refractivity contribution >= 4 is 39.9 Å². The van der Waals surface area contributed by atoms with Gasteiger partial charge >= 0.3 is 0 Å². The van der Waals surface area contributed by atoms with Crippen LogP contribution in [0.15, 0.2) is 59.8 Å². The fraction of sp³-hybridized carbons (Fsp3) is 0.0909. The minimum Gasteiger partial charge on any atom is -0.373 e. The lowest BCUT2D eigenvalue weighted by Gasteiger charge is -2.11. The van der Waals surface area contributed by atoms with Crippen LogP contribution in [0.2, 0.25) is 5.02 Å². The largest absolute Gasteiger partial charge is 0.373 e. The van der Waals surface area contributed by atoms with Crippen molar-refractivity contribution < 1.29 is 4.79 Å². The Morgan fingerprint density at radius 3 is 2.70 bits per heavy atom. The number of carbonyl (C=O) groups is 1. The first kappa shape index (κ1) is 19.6. The Labute approximate surface area is 177 Å². The molecular weight excluding hydrogens is 402 g/mol. The molecule has 0 bridgehead atoms. The number of aromatic amines is 1. The summed E-state index contributed by atoms with van der Waals surface area (Å²) in [5.74, 6) is 0.315. The molecule has 0 saturated carbocycles. The highest BCUT2D eigenvalue weighted by molar-refractivity contribution is 6.34. The number of anilines is 2. The third kappa shape index (κ3) is 3.75. The maximum Gasteiger partial charge on any atom is 0.257 e. The summed E-state index contributed by atoms with van der Waals surface area (Å²) in [7, 11) is 1.77. The number of carbonyl (C=O) groups excluding carboxylic acids is 1. The highest BCUT2D eigenvalue weighted by Gasteiger charge is 2.13. The second-order valence-corrected chi connectivity index (χ2v) is 7.17. The van der Waals surface area contributed by atoms with Gasteiger partial charge in [0.2, 0.25) is 0 Å². The maximum atomic E-state index is 12.8. The maximum absolute atomic E-state index is 12.8. The second-order valence-electron chi connectivity index (χ2n) is 6.76. The quantitative estimate of drug-likeness (QED) is 0.459. The van der Waals surface area contributed by atoms with Crippen LogP contribution in [-0.4, -0.2) is 27.9 Å². The van der Waals surface area contributed by atoms with Gasteiger partial charge in [0.1, 0.15) is 5.82 Å². The lowest BCUT2D eigenvalue weighted by Crippen LogP contribution is -2.13. The first-order valence-corrected chi connectivity index (χ1v) is 9.57. The van der Waals surface area contributed by atoms with Crippen molar-refractivity contribution in [2.24, 2.45) is 0 Å². The average molecular weight is 420 g/mol. The molecule has 0 radical (unpaired) electrons. The second kappa shape index (κ2) is 7.96. The van der Waals surface area contributed by atoms with Gasteiger partial charge in [0.05, 0.1) is 16.1 Å². The molecule has 0 aliphatic carbocycles. The molecule has 3 N–H and O–H groups in total. The number of hydrogen-bond donors (Lipinski definition) is 3. The Kier molecular flexibility index (Phi) is 5.20. The lowest BCUT2D eigenvalue weighted by molar-refractivity contribution is 0.102. The minimum atomic E-state index is -0.353. The van der Waals surface area contributed by atoms with Crippen LogP contribution in [0.3, 0.4) is 0 Å². The van der Waals surface area contributed by atoms with Crippen LogP contribution in [0, 0.1) is 6.92 Å². The molecule has 1 aromatic carbocycles. The zero-order chi connectivity index (χ0) is 21.3. The van der Waals surface area contributed by atoms with E-state index in [1.54, 1.807) is 43.6 Å². The van der Waals surface area contributed by atoms with Crippen molar-refractivity contribution in [3.05, 3.63) is 81.5 Å². The molecule has 8 heteroatoms. The van der Waals surface area contributed by atoms with Crippen LogP contribution in [0.5, 0.6) is 0 Å². The van der Waals surface area contributed by atoms with Gasteiger partial charge in [0, 0.05) is 48.3 Å². The fourth-order valence-corrected chi connectivity index (χ4v) is 3.39. The molecule has 0 unspecified atom stereocenters. The Balaban J connectivity index is 1.73. The van der Waals surface area contributed by atoms with Crippen molar-refractivity contribution in [3.63, 3.8) is 0 Å². The van der Waals surface area contributed by atoms with E-state index in [0.29, 0.717) is 28.1 Å². The SMILES string of the molecule is CNc1cc2[nH]c(=O)c(-c3cc(NC(=O)c4ccncc4Cl)ccc3C)cc2cn1. The number of nitrogens with one attached hydrogen (secondary N) is 3. The van der Waals surface area contributed by atoms with E-state index in [9.17, 15) is 9.59 Å². The Morgan fingerprint density at radius 1 is 1.10 bits per heavy atom. The Hall–Kier alpha value is -3.71. The number of nitrogens with zero attached hydrogens (tertiary/aromatic N) is 2. The third-order valence-electron chi connectivity index (χ3n) is 4.79. The van der Waals surface area contributed by atoms with Gasteiger partial charge in [-0.3, -0.25) is 14.6 Å². The number of aryl methyl sites for hydroxylation is 1. The molecule has 0 fully saturated rings. The van der Waals surface area contributed by atoms with E-state index in [-0.39, 0.29) is 16.5 Å². The van der Waals surface area contributed by atoms with Gasteiger partial charge in [-0.15, -0.1) is 0 Å². The van der Waals surface area contributed by atoms with Crippen LogP contribution >= 0.6 is 11.6 Å². The molecule has 0 aliphatic rings. The molecule has 0 atom stereocenters. The minimum absolute atomic E-state index is 0.223. The Bertz CT molecular complexity index is 1330. The number of pyridine rings is 3. The monoisotopic (exact) mass is 419 g/mol. The van der Waals surface area contributed by atoms with Gasteiger partial charge in [0.15, 0.2) is 0 Å². The molecule has 4 rings (SSSR count). The number of benzene rings is 1. The van der Waals surface area contributed by atoms with Gasteiger partial charge in [-0.2, -0.15) is 0 Å². The summed E-state index contributed by atoms with van der Waals surface area (Å²) in [5, 5.41) is 6.85. The highest BCUT2D eigenvalue weighted by atomic mass is 35.5. The first-order chi connectivity index (χ1) is 14.5. The molecule has 3 heterocycles. The fourth-order valence-electron chi connectivity index (χ4n) is 3.18. The molecule has 3 aromatic heterocycles. The molecule has 30 heavy (non-hydrogen) atoms. The van der Waals surface area contributed by atoms with E-state index in [4.69, 9.17) is 11.6 Å². The molecule has 0 aliphatic heterocycles. The predicted molar refractivity (Wildman–Crippen MR) is 119 cm³/mol. The molecule has 150 valence electrons. The molecule has 7 nitrogen and oxygen atoms in total. The first-order valence-electron chi connectivity index (χ1n) is 9.19. The summed E-state index contributed by atoms with van der Waals surface area (Å²) in [4.78, 5) is 36.4. The van der Waals surface area contributed by atoms with Crippen molar-refractivity contribution in [1.82, 2.24) is 15.0 Å². The number of fused-ring (bicyclic) bond motifs is 1. The number of aromatic nitrogens is 3. The molecule has 1 amide bonds. The van der Waals surface area contributed by atoms with Gasteiger partial charge < -0.3 is 15.6 Å². The van der Waals surface area contributed by atoms with Crippen molar-refractivity contribution in [1.29, 1.82) is 0 Å². The molecule has 4 aromatic rings. The van der Waals surface area contributed by atoms with Crippen LogP contribution in [-0.2, 0) is 0 Å². The smallest absolute Gasteiger partial charge is 0.257 e. The van der Waals surface area contributed by atoms with Crippen LogP contribution in [0.1, 0.15) is 15.9 Å². The lowest BCUT2D eigenvalue weighted by atomic mass is 10.00. The summed E-state index contributed by atoms with van der Waals surface area (Å²) >= 11 is 6.06. The van der Waals surface area contributed by atoms with E-state index in [1.165, 1.54) is 12.4 Å². The third-order valence-corrected chi connectivity index (χ3v) is 5.09. The number of amides is 1. The summed E-state index contributed by atoms with van der Waals surface area (Å²) < 4.78 is 0. The van der Waals surface area contributed by atoms with Crippen molar-refractivity contribution in [2.75, 3.05) is 17.7 Å². The van der Waals surface area contributed by atoms with E-state index >= 15 is 0 Å². The van der Waals surface area contributed by atoms with Gasteiger partial charge in [-0.25, -0.2) is 4.98 Å². The molecule has 0 spiro atoms. The summed E-state index contributed by atoms with van der Waals surface area (Å²) in [6, 6.07) is 10.5. The number of H-pyrrole nitrogens is 1. The zero-order valence-corrected chi connectivity index (χ0v) is 17.0. The van der Waals surface area contributed by atoms with E-state index in [0.717, 1.165) is 16.5 Å². The molecule has 0 saturated heterocycles. The highest BCUT2D eigenvalue weighted by Crippen LogP contribution is 2.27. The Morgan fingerprint density at radius 2 is 1.93 bits per heavy atom. The summed E-state index contributed by atoms with van der Waals surface area (Å²) in [5.41, 5.74) is 3.46. The predicted octanol–water partition coefficient (Wildman–Crippen LogP) is 4.24. The van der Waals surface area contributed by atoms with Crippen molar-refractivity contribution in [3.8, 4) is 11.1 Å². The zero-order valence-electron chi connectivity index (χ0n) is 16.3. The van der Waals surface area contributed by atoms with Crippen LogP contribution < -0.4 is 16.2 Å². The van der Waals surface area contributed by atoms with E-state index in [2.05, 4.69) is 25.6 Å². The van der Waals surface area contributed by atoms with E-state index < -0.39 is 0 Å².